The van der Waals surface area contributed by atoms with Crippen LogP contribution in [0.4, 0.5) is 0 Å². The summed E-state index contributed by atoms with van der Waals surface area (Å²) in [7, 11) is 0. The monoisotopic (exact) mass is 373 g/mol. The SMILES string of the molecule is C[C@]12CCC3c4ccc(OSOON)cc4CCC3C1Cc1cn[nH]c12. The van der Waals surface area contributed by atoms with E-state index in [4.69, 9.17) is 10.1 Å². The summed E-state index contributed by atoms with van der Waals surface area (Å²) in [4.78, 5) is 4.05. The molecule has 0 bridgehead atoms. The second kappa shape index (κ2) is 6.27. The van der Waals surface area contributed by atoms with Crippen LogP contribution in [0.2, 0.25) is 0 Å². The van der Waals surface area contributed by atoms with Crippen LogP contribution in [0.1, 0.15) is 54.5 Å². The van der Waals surface area contributed by atoms with Crippen LogP contribution in [-0.4, -0.2) is 10.2 Å². The van der Waals surface area contributed by atoms with Crippen molar-refractivity contribution in [2.24, 2.45) is 17.7 Å². The van der Waals surface area contributed by atoms with E-state index in [1.807, 2.05) is 12.3 Å². The van der Waals surface area contributed by atoms with Crippen molar-refractivity contribution in [3.63, 3.8) is 0 Å². The van der Waals surface area contributed by atoms with Crippen molar-refractivity contribution in [2.45, 2.75) is 50.4 Å². The van der Waals surface area contributed by atoms with Crippen molar-refractivity contribution in [3.05, 3.63) is 46.8 Å². The zero-order chi connectivity index (χ0) is 17.7. The normalized spacial score (nSPS) is 31.7. The highest BCUT2D eigenvalue weighted by molar-refractivity contribution is 7.90. The van der Waals surface area contributed by atoms with Crippen LogP contribution in [-0.2, 0) is 27.6 Å². The molecule has 4 atom stereocenters. The molecule has 1 aromatic carbocycles. The molecule has 6 nitrogen and oxygen atoms in total. The third-order valence-electron chi connectivity index (χ3n) is 7.01. The van der Waals surface area contributed by atoms with Gasteiger partial charge >= 0.3 is 0 Å². The van der Waals surface area contributed by atoms with E-state index in [1.54, 1.807) is 0 Å². The fourth-order valence-corrected chi connectivity index (χ4v) is 6.13. The molecule has 1 aromatic heterocycles. The van der Waals surface area contributed by atoms with Gasteiger partial charge in [0, 0.05) is 11.1 Å². The number of nitrogens with zero attached hydrogens (tertiary/aromatic N) is 1. The Bertz CT molecular complexity index is 826. The third-order valence-corrected chi connectivity index (χ3v) is 7.41. The predicted octanol–water partition coefficient (Wildman–Crippen LogP) is 3.74. The molecule has 1 saturated carbocycles. The van der Waals surface area contributed by atoms with Gasteiger partial charge in [-0.05, 0) is 78.7 Å². The van der Waals surface area contributed by atoms with Gasteiger partial charge in [0.1, 0.15) is 5.75 Å². The molecule has 3 aliphatic carbocycles. The Kier molecular flexibility index (Phi) is 4.01. The van der Waals surface area contributed by atoms with Crippen LogP contribution < -0.4 is 10.1 Å². The average Bonchev–Trinajstić information content (AvgIpc) is 3.22. The summed E-state index contributed by atoms with van der Waals surface area (Å²) in [6.45, 7) is 2.45. The summed E-state index contributed by atoms with van der Waals surface area (Å²) in [6, 6.07) is 6.39. The zero-order valence-electron chi connectivity index (χ0n) is 14.7. The van der Waals surface area contributed by atoms with E-state index in [9.17, 15) is 0 Å². The van der Waals surface area contributed by atoms with Gasteiger partial charge < -0.3 is 4.18 Å². The first-order valence-electron chi connectivity index (χ1n) is 9.23. The number of aromatic amines is 1. The third kappa shape index (κ3) is 2.41. The molecule has 7 heteroatoms. The largest absolute Gasteiger partial charge is 0.399 e. The fourth-order valence-electron chi connectivity index (χ4n) is 5.88. The van der Waals surface area contributed by atoms with Gasteiger partial charge in [-0.25, -0.2) is 0 Å². The number of fused-ring (bicyclic) bond motifs is 7. The van der Waals surface area contributed by atoms with E-state index in [-0.39, 0.29) is 5.41 Å². The minimum absolute atomic E-state index is 0.268. The highest BCUT2D eigenvalue weighted by Gasteiger charge is 2.53. The lowest BCUT2D eigenvalue weighted by molar-refractivity contribution is -0.199. The van der Waals surface area contributed by atoms with Gasteiger partial charge in [-0.2, -0.15) is 11.0 Å². The van der Waals surface area contributed by atoms with Gasteiger partial charge in [-0.1, -0.05) is 13.0 Å². The van der Waals surface area contributed by atoms with Crippen LogP contribution >= 0.6 is 12.3 Å². The number of nitrogens with one attached hydrogen (secondary N) is 1. The molecular weight excluding hydrogens is 350 g/mol. The highest BCUT2D eigenvalue weighted by Crippen LogP contribution is 2.59. The number of aryl methyl sites for hydroxylation is 1. The van der Waals surface area contributed by atoms with Gasteiger partial charge in [0.05, 0.1) is 6.20 Å². The van der Waals surface area contributed by atoms with Crippen LogP contribution in [0.25, 0.3) is 0 Å². The molecule has 0 aliphatic heterocycles. The van der Waals surface area contributed by atoms with E-state index < -0.39 is 0 Å². The molecule has 138 valence electrons. The number of hydrogen-bond acceptors (Lipinski definition) is 6. The number of benzene rings is 1. The van der Waals surface area contributed by atoms with E-state index in [0.717, 1.165) is 36.3 Å². The Hall–Kier alpha value is -1.54. The number of hydrogen-bond donors (Lipinski definition) is 2. The van der Waals surface area contributed by atoms with Crippen molar-refractivity contribution in [3.8, 4) is 5.75 Å². The summed E-state index contributed by atoms with van der Waals surface area (Å²) in [5, 5.41) is 7.60. The minimum Gasteiger partial charge on any atom is -0.399 e. The second-order valence-electron chi connectivity index (χ2n) is 8.02. The van der Waals surface area contributed by atoms with Crippen molar-refractivity contribution in [1.82, 2.24) is 10.2 Å². The fraction of sp³-hybridized carbons (Fsp3) is 0.526. The van der Waals surface area contributed by atoms with Crippen LogP contribution in [0.15, 0.2) is 24.4 Å². The predicted molar refractivity (Wildman–Crippen MR) is 97.9 cm³/mol. The number of H-pyrrole nitrogens is 1. The topological polar surface area (TPSA) is 82.4 Å². The summed E-state index contributed by atoms with van der Waals surface area (Å²) in [5.41, 5.74) is 6.01. The van der Waals surface area contributed by atoms with Crippen molar-refractivity contribution in [2.75, 3.05) is 0 Å². The molecule has 5 rings (SSSR count). The molecule has 26 heavy (non-hydrogen) atoms. The lowest BCUT2D eigenvalue weighted by Crippen LogP contribution is -2.43. The minimum atomic E-state index is 0.268. The molecular formula is C19H23N3O3S. The van der Waals surface area contributed by atoms with Crippen molar-refractivity contribution in [1.29, 1.82) is 0 Å². The Morgan fingerprint density at radius 2 is 2.23 bits per heavy atom. The van der Waals surface area contributed by atoms with Crippen LogP contribution in [0.3, 0.4) is 0 Å². The van der Waals surface area contributed by atoms with Crippen LogP contribution in [0.5, 0.6) is 5.75 Å². The first kappa shape index (κ1) is 16.6. The van der Waals surface area contributed by atoms with Gasteiger partial charge in [0.2, 0.25) is 0 Å². The summed E-state index contributed by atoms with van der Waals surface area (Å²) < 4.78 is 9.96. The zero-order valence-corrected chi connectivity index (χ0v) is 15.6. The van der Waals surface area contributed by atoms with Gasteiger partial charge in [-0.3, -0.25) is 5.10 Å². The highest BCUT2D eigenvalue weighted by atomic mass is 32.2. The molecule has 1 fully saturated rings. The maximum absolute atomic E-state index is 5.44. The summed E-state index contributed by atoms with van der Waals surface area (Å²) >= 11 is 0.729. The number of aromatic nitrogens is 2. The molecule has 2 aromatic rings. The number of nitrogens with two attached hydrogens (primary N) is 1. The average molecular weight is 373 g/mol. The quantitative estimate of drug-likeness (QED) is 0.368. The molecule has 1 heterocycles. The first-order valence-corrected chi connectivity index (χ1v) is 9.89. The standard InChI is InChI=1S/C19H23N3O3S/c1-19-7-6-15-14-5-3-13(23-26-25-24-20)8-11(14)2-4-16(15)17(19)9-12-10-21-22-18(12)19/h3,5,8,10,15-17H,2,4,6-7,9,20H2,1H3,(H,21,22)/t15?,16?,17?,19-/m0/s1. The lowest BCUT2D eigenvalue weighted by atomic mass is 9.55. The van der Waals surface area contributed by atoms with Gasteiger partial charge in [0.25, 0.3) is 12.3 Å². The van der Waals surface area contributed by atoms with Crippen molar-refractivity contribution < 1.29 is 13.5 Å². The lowest BCUT2D eigenvalue weighted by Gasteiger charge is -2.49. The Morgan fingerprint density at radius 3 is 3.12 bits per heavy atom. The molecule has 0 saturated heterocycles. The Balaban J connectivity index is 1.40. The van der Waals surface area contributed by atoms with E-state index in [2.05, 4.69) is 38.6 Å². The maximum atomic E-state index is 5.44. The Labute approximate surface area is 157 Å². The second-order valence-corrected chi connectivity index (χ2v) is 8.46. The Morgan fingerprint density at radius 1 is 1.31 bits per heavy atom. The molecule has 3 aliphatic rings. The van der Waals surface area contributed by atoms with E-state index in [0.29, 0.717) is 5.92 Å². The van der Waals surface area contributed by atoms with Gasteiger partial charge in [0.15, 0.2) is 0 Å². The van der Waals surface area contributed by atoms with E-state index >= 15 is 0 Å². The summed E-state index contributed by atoms with van der Waals surface area (Å²) in [6.07, 6.45) is 8.03. The van der Waals surface area contributed by atoms with Crippen molar-refractivity contribution >= 4 is 12.3 Å². The molecule has 0 radical (unpaired) electrons. The van der Waals surface area contributed by atoms with E-state index in [1.165, 1.54) is 48.1 Å². The summed E-state index contributed by atoms with van der Waals surface area (Å²) in [5.74, 6) is 7.72. The maximum Gasteiger partial charge on any atom is 0.260 e. The smallest absolute Gasteiger partial charge is 0.260 e. The molecule has 3 N–H and O–H groups in total. The molecule has 3 unspecified atom stereocenters. The molecule has 0 amide bonds. The van der Waals surface area contributed by atoms with Gasteiger partial charge in [-0.15, -0.1) is 9.32 Å². The number of rotatable bonds is 4. The first-order chi connectivity index (χ1) is 12.7. The van der Waals surface area contributed by atoms with Crippen LogP contribution in [0, 0.1) is 11.8 Å². The molecule has 0 spiro atoms.